The van der Waals surface area contributed by atoms with Gasteiger partial charge in [0.15, 0.2) is 0 Å². The van der Waals surface area contributed by atoms with Crippen LogP contribution in [-0.4, -0.2) is 34.9 Å². The Bertz CT molecular complexity index is 685. The summed E-state index contributed by atoms with van der Waals surface area (Å²) < 4.78 is 13.3. The smallest absolute Gasteiger partial charge is 0.254 e. The van der Waals surface area contributed by atoms with Gasteiger partial charge in [-0.1, -0.05) is 24.3 Å². The molecule has 2 aliphatic rings. The Kier molecular flexibility index (Phi) is 7.59. The SMILES string of the molecule is Cn1ncc(C(N)=O)c1N.FC1CCNC1.c1ccc2c(c1)CCCC2. The Morgan fingerprint density at radius 2 is 1.88 bits per heavy atom. The summed E-state index contributed by atoms with van der Waals surface area (Å²) in [5.74, 6) is -0.252. The molecule has 0 saturated carbocycles. The number of amides is 1. The highest BCUT2D eigenvalue weighted by Gasteiger charge is 2.10. The third-order valence-electron chi connectivity index (χ3n) is 4.51. The summed E-state index contributed by atoms with van der Waals surface area (Å²) in [6, 6.07) is 8.80. The summed E-state index contributed by atoms with van der Waals surface area (Å²) in [6.45, 7) is 1.43. The number of aryl methyl sites for hydroxylation is 3. The molecule has 0 radical (unpaired) electrons. The average molecular weight is 361 g/mol. The number of nitrogens with two attached hydrogens (primary N) is 2. The molecule has 1 aliphatic carbocycles. The molecule has 1 aliphatic heterocycles. The van der Waals surface area contributed by atoms with Gasteiger partial charge in [0.2, 0.25) is 0 Å². The fourth-order valence-corrected chi connectivity index (χ4v) is 2.93. The maximum absolute atomic E-state index is 11.9. The van der Waals surface area contributed by atoms with Gasteiger partial charge in [-0.25, -0.2) is 4.39 Å². The lowest BCUT2D eigenvalue weighted by Crippen LogP contribution is -2.12. The van der Waals surface area contributed by atoms with E-state index in [1.54, 1.807) is 18.2 Å². The lowest BCUT2D eigenvalue weighted by Gasteiger charge is -2.13. The van der Waals surface area contributed by atoms with Gasteiger partial charge in [0.1, 0.15) is 17.6 Å². The minimum Gasteiger partial charge on any atom is -0.383 e. The lowest BCUT2D eigenvalue weighted by atomic mass is 9.92. The van der Waals surface area contributed by atoms with Gasteiger partial charge in [-0.2, -0.15) is 5.10 Å². The van der Waals surface area contributed by atoms with Crippen molar-refractivity contribution in [2.24, 2.45) is 12.8 Å². The molecule has 5 N–H and O–H groups in total. The van der Waals surface area contributed by atoms with Crippen molar-refractivity contribution in [3.8, 4) is 0 Å². The number of carbonyl (C=O) groups excluding carboxylic acids is 1. The highest BCUT2D eigenvalue weighted by molar-refractivity contribution is 5.96. The monoisotopic (exact) mass is 361 g/mol. The van der Waals surface area contributed by atoms with Crippen molar-refractivity contribution in [1.29, 1.82) is 0 Å². The first-order chi connectivity index (χ1) is 12.5. The van der Waals surface area contributed by atoms with Crippen molar-refractivity contribution < 1.29 is 9.18 Å². The molecule has 1 fully saturated rings. The fraction of sp³-hybridized carbons (Fsp3) is 0.474. The Labute approximate surface area is 153 Å². The Balaban J connectivity index is 0.000000145. The van der Waals surface area contributed by atoms with Crippen molar-refractivity contribution in [2.75, 3.05) is 18.8 Å². The van der Waals surface area contributed by atoms with E-state index in [1.165, 1.54) is 36.6 Å². The first-order valence-electron chi connectivity index (χ1n) is 8.98. The fourth-order valence-electron chi connectivity index (χ4n) is 2.93. The number of alkyl halides is 1. The number of nitrogens with one attached hydrogen (secondary N) is 1. The van der Waals surface area contributed by atoms with Gasteiger partial charge < -0.3 is 16.8 Å². The van der Waals surface area contributed by atoms with E-state index in [-0.39, 0.29) is 5.56 Å². The third-order valence-corrected chi connectivity index (χ3v) is 4.51. The number of aromatic nitrogens is 2. The van der Waals surface area contributed by atoms with Crippen molar-refractivity contribution in [3.05, 3.63) is 47.2 Å². The third kappa shape index (κ3) is 5.84. The second kappa shape index (κ2) is 9.91. The maximum atomic E-state index is 11.9. The van der Waals surface area contributed by atoms with Gasteiger partial charge in [-0.15, -0.1) is 0 Å². The number of nitrogens with zero attached hydrogens (tertiary/aromatic N) is 2. The molecular weight excluding hydrogens is 333 g/mol. The minimum atomic E-state index is -0.565. The van der Waals surface area contributed by atoms with E-state index in [0.29, 0.717) is 18.8 Å². The largest absolute Gasteiger partial charge is 0.383 e. The van der Waals surface area contributed by atoms with E-state index < -0.39 is 12.1 Å². The molecule has 4 rings (SSSR count). The average Bonchev–Trinajstić information content (AvgIpc) is 3.25. The standard InChI is InChI=1S/C10H12.C5H8N4O.C4H8FN/c1-2-6-10-8-4-3-7-9(10)5-1;1-9-4(6)3(2-8-9)5(7)10;5-4-1-2-6-3-4/h1-2,5-6H,3-4,7-8H2;2H,6H2,1H3,(H2,7,10);4,6H,1-3H2. The molecule has 142 valence electrons. The van der Waals surface area contributed by atoms with Crippen LogP contribution in [0.15, 0.2) is 30.5 Å². The summed E-state index contributed by atoms with van der Waals surface area (Å²) in [5, 5.41) is 6.63. The molecule has 1 saturated heterocycles. The normalized spacial score (nSPS) is 18.0. The Morgan fingerprint density at radius 3 is 2.19 bits per heavy atom. The van der Waals surface area contributed by atoms with E-state index in [4.69, 9.17) is 11.5 Å². The van der Waals surface area contributed by atoms with Crippen LogP contribution < -0.4 is 16.8 Å². The van der Waals surface area contributed by atoms with E-state index in [1.807, 2.05) is 0 Å². The van der Waals surface area contributed by atoms with Gasteiger partial charge in [0, 0.05) is 13.6 Å². The van der Waals surface area contributed by atoms with Gasteiger partial charge in [-0.05, 0) is 49.8 Å². The van der Waals surface area contributed by atoms with Crippen molar-refractivity contribution >= 4 is 11.7 Å². The summed E-state index contributed by atoms with van der Waals surface area (Å²) in [5.41, 5.74) is 13.8. The highest BCUT2D eigenvalue weighted by Crippen LogP contribution is 2.19. The molecule has 7 heteroatoms. The zero-order valence-corrected chi connectivity index (χ0v) is 15.2. The van der Waals surface area contributed by atoms with Crippen molar-refractivity contribution in [3.63, 3.8) is 0 Å². The van der Waals surface area contributed by atoms with Crippen LogP contribution in [0.1, 0.15) is 40.7 Å². The number of fused-ring (bicyclic) bond motifs is 1. The predicted octanol–water partition coefficient (Wildman–Crippen LogP) is 1.98. The van der Waals surface area contributed by atoms with Crippen LogP contribution in [0.5, 0.6) is 0 Å². The topological polar surface area (TPSA) is 99.0 Å². The number of anilines is 1. The number of hydrogen-bond acceptors (Lipinski definition) is 4. The van der Waals surface area contributed by atoms with Gasteiger partial charge in [-0.3, -0.25) is 9.48 Å². The van der Waals surface area contributed by atoms with Crippen molar-refractivity contribution in [1.82, 2.24) is 15.1 Å². The van der Waals surface area contributed by atoms with Gasteiger partial charge >= 0.3 is 0 Å². The quantitative estimate of drug-likeness (QED) is 0.723. The number of carbonyl (C=O) groups is 1. The number of halogens is 1. The van der Waals surface area contributed by atoms with Crippen LogP contribution in [0, 0.1) is 0 Å². The number of primary amides is 1. The summed E-state index contributed by atoms with van der Waals surface area (Å²) in [7, 11) is 1.64. The molecule has 1 atom stereocenters. The van der Waals surface area contributed by atoms with Crippen LogP contribution in [0.25, 0.3) is 0 Å². The van der Waals surface area contributed by atoms with Crippen molar-refractivity contribution in [2.45, 2.75) is 38.3 Å². The van der Waals surface area contributed by atoms with E-state index in [9.17, 15) is 9.18 Å². The summed E-state index contributed by atoms with van der Waals surface area (Å²) in [6.07, 6.45) is 6.86. The summed E-state index contributed by atoms with van der Waals surface area (Å²) in [4.78, 5) is 10.5. The second-order valence-corrected chi connectivity index (χ2v) is 6.50. The molecule has 2 heterocycles. The number of nitrogen functional groups attached to an aromatic ring is 1. The molecule has 6 nitrogen and oxygen atoms in total. The van der Waals surface area contributed by atoms with Crippen LogP contribution in [0.4, 0.5) is 10.2 Å². The second-order valence-electron chi connectivity index (χ2n) is 6.50. The van der Waals surface area contributed by atoms with Crippen LogP contribution in [0.3, 0.4) is 0 Å². The van der Waals surface area contributed by atoms with Crippen LogP contribution >= 0.6 is 0 Å². The number of rotatable bonds is 1. The molecule has 1 aromatic heterocycles. The molecule has 0 spiro atoms. The zero-order chi connectivity index (χ0) is 18.9. The number of benzene rings is 1. The molecule has 2 aromatic rings. The van der Waals surface area contributed by atoms with Crippen LogP contribution in [0.2, 0.25) is 0 Å². The Morgan fingerprint density at radius 1 is 1.27 bits per heavy atom. The molecular formula is C19H28FN5O. The van der Waals surface area contributed by atoms with E-state index >= 15 is 0 Å². The van der Waals surface area contributed by atoms with Gasteiger partial charge in [0.25, 0.3) is 5.91 Å². The zero-order valence-electron chi connectivity index (χ0n) is 15.2. The van der Waals surface area contributed by atoms with E-state index in [0.717, 1.165) is 6.54 Å². The van der Waals surface area contributed by atoms with Crippen LogP contribution in [-0.2, 0) is 19.9 Å². The predicted molar refractivity (Wildman–Crippen MR) is 102 cm³/mol. The molecule has 1 amide bonds. The highest BCUT2D eigenvalue weighted by atomic mass is 19.1. The van der Waals surface area contributed by atoms with E-state index in [2.05, 4.69) is 34.7 Å². The molecule has 1 aromatic carbocycles. The lowest BCUT2D eigenvalue weighted by molar-refractivity contribution is 0.100. The minimum absolute atomic E-state index is 0.266. The molecule has 26 heavy (non-hydrogen) atoms. The summed E-state index contributed by atoms with van der Waals surface area (Å²) >= 11 is 0. The maximum Gasteiger partial charge on any atom is 0.254 e. The Hall–Kier alpha value is -2.41. The molecule has 1 unspecified atom stereocenters. The number of hydrogen-bond donors (Lipinski definition) is 3. The van der Waals surface area contributed by atoms with Gasteiger partial charge in [0.05, 0.1) is 6.20 Å². The molecule has 0 bridgehead atoms. The first-order valence-corrected chi connectivity index (χ1v) is 8.98. The first kappa shape index (κ1) is 19.9.